The van der Waals surface area contributed by atoms with E-state index in [9.17, 15) is 44.5 Å². The van der Waals surface area contributed by atoms with Crippen molar-refractivity contribution in [3.8, 4) is 0 Å². The molecule has 0 aliphatic rings. The summed E-state index contributed by atoms with van der Waals surface area (Å²) in [7, 11) is 0. The average Bonchev–Trinajstić information content (AvgIpc) is 2.74. The first-order valence-corrected chi connectivity index (χ1v) is 11.4. The number of carbonyl (C=O) groups excluding carboxylic acids is 3. The number of aliphatic carboxylic acids is 1. The number of para-hydroxylation sites is 1. The first-order chi connectivity index (χ1) is 15.8. The number of thioether (sulfide) groups is 1. The van der Waals surface area contributed by atoms with Crippen LogP contribution in [0.1, 0.15) is 32.8 Å². The van der Waals surface area contributed by atoms with Gasteiger partial charge in [0.15, 0.2) is 5.78 Å². The Morgan fingerprint density at radius 1 is 1.18 bits per heavy atom. The fourth-order valence-corrected chi connectivity index (χ4v) is 4.26. The van der Waals surface area contributed by atoms with Crippen LogP contribution in [0.15, 0.2) is 30.3 Å². The highest BCUT2D eigenvalue weighted by molar-refractivity contribution is 7.98. The predicted molar refractivity (Wildman–Crippen MR) is 124 cm³/mol. The fourth-order valence-electron chi connectivity index (χ4n) is 3.52. The Labute approximate surface area is 199 Å². The van der Waals surface area contributed by atoms with Gasteiger partial charge in [-0.15, -0.1) is 0 Å². The van der Waals surface area contributed by atoms with Gasteiger partial charge in [-0.25, -0.2) is 4.79 Å². The number of rotatable bonds is 12. The standard InChI is InChI=1S/C21H25N3O9S/c1-13(12-34-4)21(20(28)29,18(26)11-14(2)23(30)31)22(15(3)25)19(27)10-9-16-7-5-6-8-17(16)24(32)33/h5-10,13-14H,11-12H2,1-4H3,(H,28,29)/t13?,14?,21-/m1/s1. The van der Waals surface area contributed by atoms with Crippen LogP contribution in [0.4, 0.5) is 5.69 Å². The Kier molecular flexibility index (Phi) is 10.0. The van der Waals surface area contributed by atoms with Crippen molar-refractivity contribution in [2.45, 2.75) is 38.8 Å². The molecule has 2 amide bonds. The molecule has 184 valence electrons. The van der Waals surface area contributed by atoms with Crippen molar-refractivity contribution in [2.75, 3.05) is 12.0 Å². The minimum Gasteiger partial charge on any atom is -0.479 e. The first kappa shape index (κ1) is 28.4. The molecule has 0 spiro atoms. The summed E-state index contributed by atoms with van der Waals surface area (Å²) in [6.45, 7) is 3.36. The summed E-state index contributed by atoms with van der Waals surface area (Å²) in [5.41, 5.74) is -3.05. The number of ketones is 1. The number of nitrogens with zero attached hydrogens (tertiary/aromatic N) is 3. The van der Waals surface area contributed by atoms with Gasteiger partial charge in [0.1, 0.15) is 0 Å². The minimum absolute atomic E-state index is 0.00994. The number of nitro benzene ring substituents is 1. The third-order valence-corrected chi connectivity index (χ3v) is 5.98. The number of hydrogen-bond acceptors (Lipinski definition) is 9. The molecule has 12 nitrogen and oxygen atoms in total. The summed E-state index contributed by atoms with van der Waals surface area (Å²) in [6, 6.07) is 3.96. The maximum atomic E-state index is 13.3. The van der Waals surface area contributed by atoms with Gasteiger partial charge in [-0.05, 0) is 24.2 Å². The van der Waals surface area contributed by atoms with Crippen LogP contribution in [0.25, 0.3) is 6.08 Å². The Hall–Kier alpha value is -3.61. The number of nitro groups is 2. The molecule has 0 aromatic heterocycles. The van der Waals surface area contributed by atoms with E-state index in [1.54, 1.807) is 6.26 Å². The second-order valence-electron chi connectivity index (χ2n) is 7.53. The number of Topliss-reactive ketones (excluding diaryl/α,β-unsaturated/α-hetero) is 1. The molecular weight excluding hydrogens is 470 g/mol. The highest BCUT2D eigenvalue weighted by atomic mass is 32.2. The van der Waals surface area contributed by atoms with E-state index in [2.05, 4.69) is 0 Å². The van der Waals surface area contributed by atoms with Gasteiger partial charge in [-0.1, -0.05) is 19.1 Å². The van der Waals surface area contributed by atoms with Crippen molar-refractivity contribution in [1.82, 2.24) is 4.90 Å². The molecule has 0 saturated carbocycles. The molecular formula is C21H25N3O9S. The monoisotopic (exact) mass is 495 g/mol. The lowest BCUT2D eigenvalue weighted by molar-refractivity contribution is -0.516. The summed E-state index contributed by atoms with van der Waals surface area (Å²) < 4.78 is 0. The topological polar surface area (TPSA) is 178 Å². The van der Waals surface area contributed by atoms with Crippen LogP contribution >= 0.6 is 11.8 Å². The normalized spacial score (nSPS) is 14.6. The predicted octanol–water partition coefficient (Wildman–Crippen LogP) is 2.43. The van der Waals surface area contributed by atoms with Crippen LogP contribution in [0.2, 0.25) is 0 Å². The van der Waals surface area contributed by atoms with Gasteiger partial charge in [0.05, 0.1) is 16.9 Å². The van der Waals surface area contributed by atoms with E-state index in [1.807, 2.05) is 0 Å². The number of carboxylic acids is 1. The van der Waals surface area contributed by atoms with Crippen LogP contribution in [0.3, 0.4) is 0 Å². The van der Waals surface area contributed by atoms with Crippen LogP contribution < -0.4 is 0 Å². The van der Waals surface area contributed by atoms with Crippen molar-refractivity contribution in [1.29, 1.82) is 0 Å². The largest absolute Gasteiger partial charge is 0.479 e. The van der Waals surface area contributed by atoms with Crippen LogP contribution in [0.5, 0.6) is 0 Å². The number of imide groups is 1. The fraction of sp³-hybridized carbons (Fsp3) is 0.429. The molecule has 0 saturated heterocycles. The zero-order chi connectivity index (χ0) is 26.2. The molecule has 0 bridgehead atoms. The number of amides is 2. The number of carbonyl (C=O) groups is 4. The van der Waals surface area contributed by atoms with Crippen molar-refractivity contribution in [2.24, 2.45) is 5.92 Å². The summed E-state index contributed by atoms with van der Waals surface area (Å²) in [5.74, 6) is -6.34. The summed E-state index contributed by atoms with van der Waals surface area (Å²) in [6.07, 6.45) is 2.59. The number of hydrogen-bond donors (Lipinski definition) is 1. The molecule has 1 N–H and O–H groups in total. The van der Waals surface area contributed by atoms with Gasteiger partial charge < -0.3 is 5.11 Å². The van der Waals surface area contributed by atoms with Crippen molar-refractivity contribution in [3.05, 3.63) is 56.1 Å². The van der Waals surface area contributed by atoms with E-state index in [-0.39, 0.29) is 21.9 Å². The van der Waals surface area contributed by atoms with E-state index in [1.165, 1.54) is 31.2 Å². The van der Waals surface area contributed by atoms with E-state index < -0.39 is 57.3 Å². The summed E-state index contributed by atoms with van der Waals surface area (Å²) in [4.78, 5) is 72.6. The highest BCUT2D eigenvalue weighted by Gasteiger charge is 2.58. The Morgan fingerprint density at radius 3 is 2.24 bits per heavy atom. The van der Waals surface area contributed by atoms with Gasteiger partial charge in [-0.3, -0.25) is 39.5 Å². The van der Waals surface area contributed by atoms with Gasteiger partial charge in [0, 0.05) is 36.8 Å². The van der Waals surface area contributed by atoms with Gasteiger partial charge >= 0.3 is 5.97 Å². The lowest BCUT2D eigenvalue weighted by Gasteiger charge is -2.41. The third-order valence-electron chi connectivity index (χ3n) is 5.15. The Morgan fingerprint density at radius 2 is 1.76 bits per heavy atom. The van der Waals surface area contributed by atoms with E-state index in [4.69, 9.17) is 0 Å². The molecule has 34 heavy (non-hydrogen) atoms. The van der Waals surface area contributed by atoms with Gasteiger partial charge in [0.2, 0.25) is 17.5 Å². The van der Waals surface area contributed by atoms with Crippen LogP contribution in [0, 0.1) is 26.1 Å². The minimum atomic E-state index is -2.72. The molecule has 1 aromatic rings. The Balaban J connectivity index is 3.67. The third kappa shape index (κ3) is 6.04. The van der Waals surface area contributed by atoms with Crippen molar-refractivity contribution in [3.63, 3.8) is 0 Å². The summed E-state index contributed by atoms with van der Waals surface area (Å²) in [5, 5.41) is 32.5. The smallest absolute Gasteiger partial charge is 0.338 e. The lowest BCUT2D eigenvalue weighted by Crippen LogP contribution is -2.67. The van der Waals surface area contributed by atoms with Gasteiger partial charge in [-0.2, -0.15) is 11.8 Å². The maximum absolute atomic E-state index is 13.3. The molecule has 0 heterocycles. The second-order valence-corrected chi connectivity index (χ2v) is 8.44. The van der Waals surface area contributed by atoms with E-state index in [0.29, 0.717) is 0 Å². The molecule has 2 unspecified atom stereocenters. The Bertz CT molecular complexity index is 1030. The average molecular weight is 496 g/mol. The molecule has 0 fully saturated rings. The molecule has 0 radical (unpaired) electrons. The second kappa shape index (κ2) is 12.0. The summed E-state index contributed by atoms with van der Waals surface area (Å²) >= 11 is 1.16. The van der Waals surface area contributed by atoms with Crippen LogP contribution in [-0.2, 0) is 19.2 Å². The molecule has 0 aliphatic heterocycles. The zero-order valence-corrected chi connectivity index (χ0v) is 19.8. The molecule has 13 heteroatoms. The molecule has 1 aromatic carbocycles. The number of benzene rings is 1. The zero-order valence-electron chi connectivity index (χ0n) is 19.0. The molecule has 3 atom stereocenters. The SMILES string of the molecule is CSCC(C)[C@](C(=O)O)(C(=O)CC(C)[N+](=O)[O-])N(C(C)=O)C(=O)C=Cc1ccccc1[N+](=O)[O-]. The lowest BCUT2D eigenvalue weighted by atomic mass is 9.78. The quantitative estimate of drug-likeness (QED) is 0.196. The number of carboxylic acid groups (broad SMARTS) is 1. The maximum Gasteiger partial charge on any atom is 0.338 e. The van der Waals surface area contributed by atoms with Crippen molar-refractivity contribution < 1.29 is 34.1 Å². The molecule has 1 rings (SSSR count). The highest BCUT2D eigenvalue weighted by Crippen LogP contribution is 2.32. The van der Waals surface area contributed by atoms with Crippen LogP contribution in [-0.4, -0.2) is 67.0 Å². The van der Waals surface area contributed by atoms with E-state index >= 15 is 0 Å². The van der Waals surface area contributed by atoms with Gasteiger partial charge in [0.25, 0.3) is 11.6 Å². The first-order valence-electron chi connectivity index (χ1n) is 9.97. The van der Waals surface area contributed by atoms with E-state index in [0.717, 1.165) is 37.8 Å². The van der Waals surface area contributed by atoms with Crippen molar-refractivity contribution >= 4 is 47.1 Å². The molecule has 0 aliphatic carbocycles.